The van der Waals surface area contributed by atoms with Crippen molar-refractivity contribution in [1.82, 2.24) is 0 Å². The van der Waals surface area contributed by atoms with Crippen LogP contribution >= 0.6 is 27.5 Å². The van der Waals surface area contributed by atoms with Gasteiger partial charge < -0.3 is 15.8 Å². The van der Waals surface area contributed by atoms with E-state index in [4.69, 9.17) is 22.1 Å². The lowest BCUT2D eigenvalue weighted by Gasteiger charge is -2.09. The number of amides is 1. The van der Waals surface area contributed by atoms with Gasteiger partial charge >= 0.3 is 0 Å². The van der Waals surface area contributed by atoms with Crippen molar-refractivity contribution in [2.75, 3.05) is 5.32 Å². The summed E-state index contributed by atoms with van der Waals surface area (Å²) in [4.78, 5) is 11.5. The van der Waals surface area contributed by atoms with Crippen LogP contribution in [0.3, 0.4) is 0 Å². The van der Waals surface area contributed by atoms with Crippen molar-refractivity contribution in [2.24, 2.45) is 5.73 Å². The van der Waals surface area contributed by atoms with Crippen LogP contribution in [0.15, 0.2) is 40.9 Å². The molecule has 1 aliphatic heterocycles. The first-order valence-electron chi connectivity index (χ1n) is 5.88. The fourth-order valence-corrected chi connectivity index (χ4v) is 2.51. The van der Waals surface area contributed by atoms with E-state index in [9.17, 15) is 4.79 Å². The lowest BCUT2D eigenvalue weighted by molar-refractivity contribution is -0.116. The van der Waals surface area contributed by atoms with Crippen molar-refractivity contribution in [3.05, 3.63) is 51.5 Å². The Morgan fingerprint density at radius 2 is 2.05 bits per heavy atom. The van der Waals surface area contributed by atoms with Gasteiger partial charge in [-0.1, -0.05) is 33.6 Å². The van der Waals surface area contributed by atoms with Gasteiger partial charge in [0.05, 0.1) is 5.02 Å². The van der Waals surface area contributed by atoms with E-state index >= 15 is 0 Å². The number of fused-ring (bicyclic) bond motifs is 1. The summed E-state index contributed by atoms with van der Waals surface area (Å²) in [7, 11) is 0. The van der Waals surface area contributed by atoms with Crippen LogP contribution in [0.4, 0.5) is 5.69 Å². The molecule has 3 N–H and O–H groups in total. The number of rotatable bonds is 2. The van der Waals surface area contributed by atoms with E-state index in [0.29, 0.717) is 22.2 Å². The number of anilines is 1. The van der Waals surface area contributed by atoms with Crippen molar-refractivity contribution in [3.63, 3.8) is 0 Å². The van der Waals surface area contributed by atoms with Crippen LogP contribution in [0.5, 0.6) is 11.5 Å². The molecule has 0 bridgehead atoms. The molecule has 0 radical (unpaired) electrons. The Kier molecular flexibility index (Phi) is 3.41. The van der Waals surface area contributed by atoms with Gasteiger partial charge in [0.15, 0.2) is 0 Å². The summed E-state index contributed by atoms with van der Waals surface area (Å²) in [5.41, 5.74) is 7.20. The van der Waals surface area contributed by atoms with Gasteiger partial charge in [0.25, 0.3) is 0 Å². The quantitative estimate of drug-likeness (QED) is 0.862. The summed E-state index contributed by atoms with van der Waals surface area (Å²) in [6.45, 7) is 0. The molecule has 0 fully saturated rings. The number of nitrogens with two attached hydrogens (primary N) is 1. The minimum absolute atomic E-state index is 0.211. The van der Waals surface area contributed by atoms with Crippen LogP contribution < -0.4 is 15.8 Å². The average Bonchev–Trinajstić information content (AvgIpc) is 2.69. The largest absolute Gasteiger partial charge is 0.456 e. The molecule has 3 rings (SSSR count). The molecule has 1 atom stereocenters. The summed E-state index contributed by atoms with van der Waals surface area (Å²) in [6, 6.07) is 10.0. The van der Waals surface area contributed by atoms with Gasteiger partial charge in [-0.15, -0.1) is 0 Å². The number of halogens is 2. The Hall–Kier alpha value is -1.56. The van der Waals surface area contributed by atoms with Crippen LogP contribution in [0.1, 0.15) is 11.6 Å². The second-order valence-corrected chi connectivity index (χ2v) is 5.72. The van der Waals surface area contributed by atoms with Gasteiger partial charge in [0.2, 0.25) is 5.91 Å². The first kappa shape index (κ1) is 13.4. The highest BCUT2D eigenvalue weighted by Gasteiger charge is 2.27. The third kappa shape index (κ3) is 2.40. The number of carbonyl (C=O) groups excluding carboxylic acids is 1. The van der Waals surface area contributed by atoms with E-state index in [2.05, 4.69) is 21.2 Å². The zero-order valence-electron chi connectivity index (χ0n) is 10.2. The number of benzene rings is 2. The van der Waals surface area contributed by atoms with E-state index in [1.807, 2.05) is 6.07 Å². The van der Waals surface area contributed by atoms with Crippen molar-refractivity contribution >= 4 is 39.1 Å². The van der Waals surface area contributed by atoms with Gasteiger partial charge in [-0.05, 0) is 24.3 Å². The maximum Gasteiger partial charge on any atom is 0.245 e. The molecule has 0 saturated carbocycles. The van der Waals surface area contributed by atoms with Crippen LogP contribution in [0.25, 0.3) is 0 Å². The van der Waals surface area contributed by atoms with Crippen LogP contribution in [-0.2, 0) is 4.79 Å². The Balaban J connectivity index is 1.92. The topological polar surface area (TPSA) is 64.4 Å². The zero-order valence-corrected chi connectivity index (χ0v) is 12.5. The van der Waals surface area contributed by atoms with Gasteiger partial charge in [-0.2, -0.15) is 0 Å². The maximum atomic E-state index is 11.5. The van der Waals surface area contributed by atoms with Crippen molar-refractivity contribution in [2.45, 2.75) is 6.04 Å². The minimum Gasteiger partial charge on any atom is -0.456 e. The van der Waals surface area contributed by atoms with E-state index in [0.717, 1.165) is 10.0 Å². The fraction of sp³-hybridized carbons (Fsp3) is 0.0714. The molecule has 4 nitrogen and oxygen atoms in total. The molecule has 0 aliphatic carbocycles. The number of hydrogen-bond acceptors (Lipinski definition) is 3. The van der Waals surface area contributed by atoms with Crippen LogP contribution in [-0.4, -0.2) is 5.91 Å². The third-order valence-electron chi connectivity index (χ3n) is 3.02. The average molecular weight is 354 g/mol. The first-order valence-corrected chi connectivity index (χ1v) is 7.05. The van der Waals surface area contributed by atoms with Gasteiger partial charge in [0.1, 0.15) is 17.5 Å². The number of hydrogen-bond donors (Lipinski definition) is 2. The molecule has 1 unspecified atom stereocenters. The van der Waals surface area contributed by atoms with Crippen LogP contribution in [0, 0.1) is 0 Å². The SMILES string of the molecule is NC1C(=O)Nc2cc(Oc3cc(Br)ccc3Cl)ccc21. The monoisotopic (exact) mass is 352 g/mol. The summed E-state index contributed by atoms with van der Waals surface area (Å²) < 4.78 is 6.60. The third-order valence-corrected chi connectivity index (χ3v) is 3.83. The molecule has 0 aromatic heterocycles. The number of ether oxygens (including phenoxy) is 1. The molecule has 0 spiro atoms. The minimum atomic E-state index is -0.617. The molecule has 1 heterocycles. The molecule has 0 saturated heterocycles. The highest BCUT2D eigenvalue weighted by Crippen LogP contribution is 2.36. The zero-order chi connectivity index (χ0) is 14.3. The molecular weight excluding hydrogens is 344 g/mol. The molecular formula is C14H10BrClN2O2. The van der Waals surface area contributed by atoms with Gasteiger partial charge in [-0.3, -0.25) is 4.79 Å². The molecule has 2 aromatic rings. The van der Waals surface area contributed by atoms with E-state index < -0.39 is 6.04 Å². The first-order chi connectivity index (χ1) is 9.54. The highest BCUT2D eigenvalue weighted by molar-refractivity contribution is 9.10. The van der Waals surface area contributed by atoms with Crippen molar-refractivity contribution in [3.8, 4) is 11.5 Å². The molecule has 2 aromatic carbocycles. The number of nitrogens with one attached hydrogen (secondary N) is 1. The smallest absolute Gasteiger partial charge is 0.245 e. The van der Waals surface area contributed by atoms with Gasteiger partial charge in [0, 0.05) is 21.8 Å². The molecule has 102 valence electrons. The second-order valence-electron chi connectivity index (χ2n) is 4.39. The normalized spacial score (nSPS) is 16.8. The van der Waals surface area contributed by atoms with Crippen molar-refractivity contribution in [1.29, 1.82) is 0 Å². The summed E-state index contributed by atoms with van der Waals surface area (Å²) in [5.74, 6) is 0.908. The van der Waals surface area contributed by atoms with Gasteiger partial charge in [-0.25, -0.2) is 0 Å². The van der Waals surface area contributed by atoms with Crippen LogP contribution in [0.2, 0.25) is 5.02 Å². The molecule has 6 heteroatoms. The second kappa shape index (κ2) is 5.09. The summed E-state index contributed by atoms with van der Waals surface area (Å²) >= 11 is 9.44. The molecule has 1 amide bonds. The standard InChI is InChI=1S/C14H10BrClN2O2/c15-7-1-4-10(16)12(5-7)20-8-2-3-9-11(6-8)18-14(19)13(9)17/h1-6,13H,17H2,(H,18,19). The van der Waals surface area contributed by atoms with E-state index in [-0.39, 0.29) is 5.91 Å². The lowest BCUT2D eigenvalue weighted by Crippen LogP contribution is -2.19. The van der Waals surface area contributed by atoms with Crippen molar-refractivity contribution < 1.29 is 9.53 Å². The predicted octanol–water partition coefficient (Wildman–Crippen LogP) is 3.85. The predicted molar refractivity (Wildman–Crippen MR) is 81.2 cm³/mol. The molecule has 20 heavy (non-hydrogen) atoms. The number of carbonyl (C=O) groups is 1. The Labute approximate surface area is 129 Å². The van der Waals surface area contributed by atoms with E-state index in [1.54, 1.807) is 30.3 Å². The highest BCUT2D eigenvalue weighted by atomic mass is 79.9. The summed E-state index contributed by atoms with van der Waals surface area (Å²) in [5, 5.41) is 3.22. The summed E-state index contributed by atoms with van der Waals surface area (Å²) in [6.07, 6.45) is 0. The fourth-order valence-electron chi connectivity index (χ4n) is 2.01. The Morgan fingerprint density at radius 3 is 2.85 bits per heavy atom. The van der Waals surface area contributed by atoms with E-state index in [1.165, 1.54) is 0 Å². The maximum absolute atomic E-state index is 11.5. The Bertz CT molecular complexity index is 706. The lowest BCUT2D eigenvalue weighted by atomic mass is 10.1. The Morgan fingerprint density at radius 1 is 1.25 bits per heavy atom. The molecule has 1 aliphatic rings.